The van der Waals surface area contributed by atoms with E-state index in [0.717, 1.165) is 77.0 Å². The summed E-state index contributed by atoms with van der Waals surface area (Å²) < 4.78 is 16.9. The molecule has 1 unspecified atom stereocenters. The Labute approximate surface area is 481 Å². The largest absolute Gasteiger partial charge is 0.462 e. The van der Waals surface area contributed by atoms with Gasteiger partial charge in [-0.1, -0.05) is 347 Å². The number of carbonyl (C=O) groups excluding carboxylic acids is 3. The highest BCUT2D eigenvalue weighted by Gasteiger charge is 2.19. The summed E-state index contributed by atoms with van der Waals surface area (Å²) in [5, 5.41) is 0. The molecule has 0 amide bonds. The third-order valence-corrected chi connectivity index (χ3v) is 16.0. The van der Waals surface area contributed by atoms with Crippen LogP contribution in [0.5, 0.6) is 0 Å². The molecule has 0 rings (SSSR count). The summed E-state index contributed by atoms with van der Waals surface area (Å²) in [7, 11) is 0. The molecule has 0 N–H and O–H groups in total. The van der Waals surface area contributed by atoms with Gasteiger partial charge < -0.3 is 14.2 Å². The smallest absolute Gasteiger partial charge is 0.306 e. The molecule has 0 radical (unpaired) electrons. The lowest BCUT2D eigenvalue weighted by Crippen LogP contribution is -2.30. The Hall–Kier alpha value is -2.11. The van der Waals surface area contributed by atoms with Crippen LogP contribution in [0.15, 0.2) is 24.3 Å². The summed E-state index contributed by atoms with van der Waals surface area (Å²) in [6, 6.07) is 0. The van der Waals surface area contributed by atoms with E-state index in [1.807, 2.05) is 0 Å². The molecule has 0 fully saturated rings. The molecule has 0 saturated heterocycles. The number of esters is 3. The molecule has 0 aliphatic rings. The fraction of sp³-hybridized carbons (Fsp3) is 0.901. The fourth-order valence-electron chi connectivity index (χ4n) is 10.7. The third-order valence-electron chi connectivity index (χ3n) is 16.0. The zero-order chi connectivity index (χ0) is 55.7. The summed E-state index contributed by atoms with van der Waals surface area (Å²) in [6.07, 6.45) is 81.0. The molecule has 0 aliphatic carbocycles. The molecule has 0 saturated carbocycles. The normalized spacial score (nSPS) is 12.1. The molecule has 77 heavy (non-hydrogen) atoms. The van der Waals surface area contributed by atoms with Crippen LogP contribution in [0.25, 0.3) is 0 Å². The summed E-state index contributed by atoms with van der Waals surface area (Å²) in [5.41, 5.74) is 0. The number of unbranched alkanes of at least 4 members (excludes halogenated alkanes) is 50. The first-order valence-electron chi connectivity index (χ1n) is 34.8. The maximum atomic E-state index is 12.9. The van der Waals surface area contributed by atoms with Crippen molar-refractivity contribution in [2.24, 2.45) is 0 Å². The first-order chi connectivity index (χ1) is 38.0. The summed E-state index contributed by atoms with van der Waals surface area (Å²) in [5.74, 6) is -0.862. The minimum Gasteiger partial charge on any atom is -0.462 e. The Bertz CT molecular complexity index is 1240. The van der Waals surface area contributed by atoms with Gasteiger partial charge in [-0.3, -0.25) is 14.4 Å². The fourth-order valence-corrected chi connectivity index (χ4v) is 10.7. The summed E-state index contributed by atoms with van der Waals surface area (Å²) in [6.45, 7) is 6.65. The lowest BCUT2D eigenvalue weighted by atomic mass is 10.0. The van der Waals surface area contributed by atoms with Crippen LogP contribution in [0.4, 0.5) is 0 Å². The Kier molecular flexibility index (Phi) is 64.6. The number of allylic oxidation sites excluding steroid dienone is 4. The molecule has 0 aromatic heterocycles. The molecular weight excluding hydrogens is 949 g/mol. The molecule has 0 aliphatic heterocycles. The van der Waals surface area contributed by atoms with Crippen molar-refractivity contribution >= 4 is 17.9 Å². The van der Waals surface area contributed by atoms with Gasteiger partial charge in [0.2, 0.25) is 0 Å². The van der Waals surface area contributed by atoms with Crippen molar-refractivity contribution in [3.63, 3.8) is 0 Å². The van der Waals surface area contributed by atoms with E-state index >= 15 is 0 Å². The van der Waals surface area contributed by atoms with E-state index in [9.17, 15) is 14.4 Å². The molecule has 0 aromatic rings. The van der Waals surface area contributed by atoms with Crippen LogP contribution in [0, 0.1) is 0 Å². The highest BCUT2D eigenvalue weighted by atomic mass is 16.6. The summed E-state index contributed by atoms with van der Waals surface area (Å²) in [4.78, 5) is 38.2. The van der Waals surface area contributed by atoms with Gasteiger partial charge in [0.05, 0.1) is 0 Å². The van der Waals surface area contributed by atoms with Crippen molar-refractivity contribution in [1.29, 1.82) is 0 Å². The maximum Gasteiger partial charge on any atom is 0.306 e. The molecule has 6 nitrogen and oxygen atoms in total. The standard InChI is InChI=1S/C71H134O6/c1-4-7-10-13-16-19-22-24-26-27-28-29-30-31-32-33-34-35-36-37-38-39-40-41-42-43-44-46-47-49-52-55-58-61-64-70(73)76-67-68(66-75-69(72)63-60-57-54-51-21-18-15-12-9-6-3)77-71(74)65-62-59-56-53-50-48-45-25-23-20-17-14-11-8-5-2/h17,20,25,45,68H,4-16,18-19,21-24,26-44,46-67H2,1-3H3/b20-17-,45-25-. The quantitative estimate of drug-likeness (QED) is 0.0261. The van der Waals surface area contributed by atoms with E-state index in [1.54, 1.807) is 0 Å². The van der Waals surface area contributed by atoms with Gasteiger partial charge in [-0.25, -0.2) is 0 Å². The average molecular weight is 1080 g/mol. The zero-order valence-electron chi connectivity index (χ0n) is 52.3. The average Bonchev–Trinajstić information content (AvgIpc) is 3.43. The van der Waals surface area contributed by atoms with Gasteiger partial charge in [-0.05, 0) is 51.4 Å². The molecular formula is C71H134O6. The number of ether oxygens (including phenoxy) is 3. The first-order valence-corrected chi connectivity index (χ1v) is 34.8. The minimum atomic E-state index is -0.774. The number of rotatable bonds is 65. The molecule has 454 valence electrons. The topological polar surface area (TPSA) is 78.9 Å². The highest BCUT2D eigenvalue weighted by Crippen LogP contribution is 2.19. The molecule has 0 heterocycles. The number of hydrogen-bond acceptors (Lipinski definition) is 6. The summed E-state index contributed by atoms with van der Waals surface area (Å²) >= 11 is 0. The van der Waals surface area contributed by atoms with Gasteiger partial charge in [-0.2, -0.15) is 0 Å². The Morgan fingerprint density at radius 2 is 0.468 bits per heavy atom. The van der Waals surface area contributed by atoms with E-state index < -0.39 is 6.10 Å². The Balaban J connectivity index is 3.99. The van der Waals surface area contributed by atoms with E-state index in [1.165, 1.54) is 276 Å². The van der Waals surface area contributed by atoms with Crippen LogP contribution in [0.2, 0.25) is 0 Å². The van der Waals surface area contributed by atoms with Crippen LogP contribution >= 0.6 is 0 Å². The molecule has 0 aromatic carbocycles. The Morgan fingerprint density at radius 3 is 0.740 bits per heavy atom. The van der Waals surface area contributed by atoms with Gasteiger partial charge in [-0.15, -0.1) is 0 Å². The van der Waals surface area contributed by atoms with Crippen LogP contribution in [-0.4, -0.2) is 37.2 Å². The van der Waals surface area contributed by atoms with Crippen molar-refractivity contribution in [3.05, 3.63) is 24.3 Å². The van der Waals surface area contributed by atoms with Gasteiger partial charge in [0, 0.05) is 19.3 Å². The molecule has 0 spiro atoms. The monoisotopic (exact) mass is 1080 g/mol. The lowest BCUT2D eigenvalue weighted by molar-refractivity contribution is -0.167. The maximum absolute atomic E-state index is 12.9. The predicted octanol–water partition coefficient (Wildman–Crippen LogP) is 23.8. The van der Waals surface area contributed by atoms with Crippen molar-refractivity contribution in [1.82, 2.24) is 0 Å². The minimum absolute atomic E-state index is 0.0715. The first kappa shape index (κ1) is 74.9. The van der Waals surface area contributed by atoms with E-state index in [0.29, 0.717) is 19.3 Å². The van der Waals surface area contributed by atoms with Gasteiger partial charge >= 0.3 is 17.9 Å². The van der Waals surface area contributed by atoms with E-state index in [2.05, 4.69) is 45.1 Å². The molecule has 0 bridgehead atoms. The van der Waals surface area contributed by atoms with Crippen molar-refractivity contribution in [2.75, 3.05) is 13.2 Å². The molecule has 6 heteroatoms. The lowest BCUT2D eigenvalue weighted by Gasteiger charge is -2.18. The number of carbonyl (C=O) groups is 3. The van der Waals surface area contributed by atoms with Crippen LogP contribution < -0.4 is 0 Å². The molecule has 1 atom stereocenters. The predicted molar refractivity (Wildman–Crippen MR) is 335 cm³/mol. The third kappa shape index (κ3) is 64.6. The van der Waals surface area contributed by atoms with Crippen LogP contribution in [0.3, 0.4) is 0 Å². The second-order valence-corrected chi connectivity index (χ2v) is 23.8. The van der Waals surface area contributed by atoms with E-state index in [4.69, 9.17) is 14.2 Å². The zero-order valence-corrected chi connectivity index (χ0v) is 52.3. The Morgan fingerprint density at radius 1 is 0.260 bits per heavy atom. The van der Waals surface area contributed by atoms with Crippen LogP contribution in [-0.2, 0) is 28.6 Å². The van der Waals surface area contributed by atoms with Gasteiger partial charge in [0.1, 0.15) is 13.2 Å². The van der Waals surface area contributed by atoms with Crippen molar-refractivity contribution in [2.45, 2.75) is 399 Å². The van der Waals surface area contributed by atoms with E-state index in [-0.39, 0.29) is 31.1 Å². The SMILES string of the molecule is CCCCC/C=C\C/C=C\CCCCCCCC(=O)OC(COC(=O)CCCCCCCCCCCC)COC(=O)CCCCCCCCCCCCCCCCCCCCCCCCCCCCCCCCCCCC. The van der Waals surface area contributed by atoms with Crippen molar-refractivity contribution < 1.29 is 28.6 Å². The second-order valence-electron chi connectivity index (χ2n) is 23.8. The number of hydrogen-bond donors (Lipinski definition) is 0. The van der Waals surface area contributed by atoms with Crippen LogP contribution in [0.1, 0.15) is 393 Å². The van der Waals surface area contributed by atoms with Gasteiger partial charge in [0.25, 0.3) is 0 Å². The second kappa shape index (κ2) is 66.4. The van der Waals surface area contributed by atoms with Crippen molar-refractivity contribution in [3.8, 4) is 0 Å². The van der Waals surface area contributed by atoms with Gasteiger partial charge in [0.15, 0.2) is 6.10 Å². The highest BCUT2D eigenvalue weighted by molar-refractivity contribution is 5.71.